The molecule has 14 heavy (non-hydrogen) atoms. The lowest BCUT2D eigenvalue weighted by molar-refractivity contribution is -0.154. The van der Waals surface area contributed by atoms with Gasteiger partial charge < -0.3 is 5.11 Å². The fourth-order valence-corrected chi connectivity index (χ4v) is 3.33. The molecule has 0 aromatic carbocycles. The third kappa shape index (κ3) is 0.677. The molecule has 2 atom stereocenters. The maximum absolute atomic E-state index is 11.8. The van der Waals surface area contributed by atoms with Crippen molar-refractivity contribution in [3.8, 4) is 0 Å². The number of ketones is 1. The van der Waals surface area contributed by atoms with Crippen LogP contribution >= 0.6 is 0 Å². The van der Waals surface area contributed by atoms with Crippen molar-refractivity contribution in [1.82, 2.24) is 0 Å². The lowest BCUT2D eigenvalue weighted by Gasteiger charge is -2.36. The lowest BCUT2D eigenvalue weighted by Crippen LogP contribution is -2.40. The Labute approximate surface area is 83.5 Å². The molecule has 0 spiro atoms. The Morgan fingerprint density at radius 2 is 1.86 bits per heavy atom. The van der Waals surface area contributed by atoms with Crippen LogP contribution in [0.4, 0.5) is 0 Å². The number of hydrogen-bond acceptors (Lipinski definition) is 2. The molecule has 0 aliphatic heterocycles. The van der Waals surface area contributed by atoms with E-state index in [-0.39, 0.29) is 12.2 Å². The fraction of sp³-hybridized carbons (Fsp3) is 0.818. The Kier molecular flexibility index (Phi) is 1.53. The molecule has 0 heterocycles. The third-order valence-corrected chi connectivity index (χ3v) is 5.11. The molecule has 0 aromatic rings. The van der Waals surface area contributed by atoms with Crippen molar-refractivity contribution in [2.45, 2.75) is 40.0 Å². The van der Waals surface area contributed by atoms with Crippen LogP contribution < -0.4 is 0 Å². The van der Waals surface area contributed by atoms with E-state index in [0.717, 1.165) is 6.42 Å². The number of Topliss-reactive ketones (excluding diaryl/α,β-unsaturated/α-hetero) is 1. The van der Waals surface area contributed by atoms with Crippen LogP contribution in [0.15, 0.2) is 0 Å². The number of rotatable bonds is 1. The minimum absolute atomic E-state index is 0.135. The molecule has 0 unspecified atom stereocenters. The van der Waals surface area contributed by atoms with Gasteiger partial charge in [-0.15, -0.1) is 0 Å². The van der Waals surface area contributed by atoms with Crippen LogP contribution in [0.25, 0.3) is 0 Å². The lowest BCUT2D eigenvalue weighted by atomic mass is 9.65. The maximum Gasteiger partial charge on any atom is 0.310 e. The van der Waals surface area contributed by atoms with Gasteiger partial charge in [0.05, 0.1) is 5.41 Å². The average Bonchev–Trinajstić information content (AvgIpc) is 2.34. The Morgan fingerprint density at radius 3 is 2.07 bits per heavy atom. The van der Waals surface area contributed by atoms with Crippen molar-refractivity contribution in [2.75, 3.05) is 0 Å². The highest BCUT2D eigenvalue weighted by Crippen LogP contribution is 2.70. The maximum atomic E-state index is 11.8. The molecule has 0 radical (unpaired) electrons. The van der Waals surface area contributed by atoms with Crippen LogP contribution in [-0.4, -0.2) is 16.9 Å². The smallest absolute Gasteiger partial charge is 0.310 e. The van der Waals surface area contributed by atoms with E-state index in [0.29, 0.717) is 6.42 Å². The van der Waals surface area contributed by atoms with Crippen molar-refractivity contribution in [3.05, 3.63) is 0 Å². The molecule has 0 aromatic heterocycles. The summed E-state index contributed by atoms with van der Waals surface area (Å²) < 4.78 is 0. The van der Waals surface area contributed by atoms with E-state index >= 15 is 0 Å². The highest BCUT2D eigenvalue weighted by molar-refractivity contribution is 5.97. The van der Waals surface area contributed by atoms with Crippen molar-refractivity contribution >= 4 is 11.8 Å². The summed E-state index contributed by atoms with van der Waals surface area (Å²) in [5.74, 6) is -0.659. The second-order valence-electron chi connectivity index (χ2n) is 5.44. The summed E-state index contributed by atoms with van der Waals surface area (Å²) in [6.45, 7) is 5.78. The number of aliphatic carboxylic acids is 1. The second-order valence-corrected chi connectivity index (χ2v) is 5.44. The van der Waals surface area contributed by atoms with Gasteiger partial charge in [-0.1, -0.05) is 20.8 Å². The summed E-state index contributed by atoms with van der Waals surface area (Å²) in [6, 6.07) is 0. The Hall–Kier alpha value is -0.860. The number of hydrogen-bond donors (Lipinski definition) is 1. The molecule has 2 rings (SSSR count). The molecular formula is C11H16O3. The van der Waals surface area contributed by atoms with E-state index in [4.69, 9.17) is 0 Å². The van der Waals surface area contributed by atoms with Crippen LogP contribution in [0.5, 0.6) is 0 Å². The van der Waals surface area contributed by atoms with Gasteiger partial charge in [-0.3, -0.25) is 9.59 Å². The van der Waals surface area contributed by atoms with E-state index in [2.05, 4.69) is 0 Å². The first-order valence-electron chi connectivity index (χ1n) is 5.05. The van der Waals surface area contributed by atoms with E-state index in [1.807, 2.05) is 20.8 Å². The standard InChI is InChI=1S/C11H16O3/c1-9(2)10(3)4-5-11(9,8(13)14)6-7(10)12/h4-6H2,1-3H3,(H,13,14)/t10-,11-/m1/s1. The molecule has 2 aliphatic rings. The fourth-order valence-electron chi connectivity index (χ4n) is 3.33. The largest absolute Gasteiger partial charge is 0.481 e. The van der Waals surface area contributed by atoms with Crippen molar-refractivity contribution < 1.29 is 14.7 Å². The molecule has 0 amide bonds. The molecule has 2 aliphatic carbocycles. The van der Waals surface area contributed by atoms with Gasteiger partial charge in [-0.2, -0.15) is 0 Å². The van der Waals surface area contributed by atoms with E-state index < -0.39 is 22.2 Å². The number of fused-ring (bicyclic) bond motifs is 2. The highest BCUT2D eigenvalue weighted by atomic mass is 16.4. The van der Waals surface area contributed by atoms with Gasteiger partial charge in [0.15, 0.2) is 0 Å². The van der Waals surface area contributed by atoms with E-state index in [1.165, 1.54) is 0 Å². The predicted octanol–water partition coefficient (Wildman–Crippen LogP) is 1.86. The first-order valence-corrected chi connectivity index (χ1v) is 5.05. The third-order valence-electron chi connectivity index (χ3n) is 5.11. The van der Waals surface area contributed by atoms with Gasteiger partial charge in [0.2, 0.25) is 0 Å². The summed E-state index contributed by atoms with van der Waals surface area (Å²) in [6.07, 6.45) is 1.61. The summed E-state index contributed by atoms with van der Waals surface area (Å²) in [5.41, 5.74) is -1.60. The Bertz CT molecular complexity index is 331. The zero-order valence-electron chi connectivity index (χ0n) is 8.89. The van der Waals surface area contributed by atoms with E-state index in [9.17, 15) is 14.7 Å². The number of carbonyl (C=O) groups is 2. The molecule has 2 bridgehead atoms. The van der Waals surface area contributed by atoms with Crippen molar-refractivity contribution in [1.29, 1.82) is 0 Å². The van der Waals surface area contributed by atoms with E-state index in [1.54, 1.807) is 0 Å². The average molecular weight is 196 g/mol. The summed E-state index contributed by atoms with van der Waals surface area (Å²) in [5, 5.41) is 9.31. The van der Waals surface area contributed by atoms with Crippen LogP contribution in [0, 0.1) is 16.2 Å². The molecule has 3 heteroatoms. The first kappa shape index (κ1) is 9.69. The SMILES string of the molecule is CC1(C)[C@]2(C(=O)O)CC[C@]1(C)C(=O)C2. The minimum Gasteiger partial charge on any atom is -0.481 e. The van der Waals surface area contributed by atoms with Crippen molar-refractivity contribution in [2.24, 2.45) is 16.2 Å². The second kappa shape index (κ2) is 2.20. The van der Waals surface area contributed by atoms with Gasteiger partial charge in [-0.25, -0.2) is 0 Å². The Balaban J connectivity index is 2.60. The topological polar surface area (TPSA) is 54.4 Å². The molecular weight excluding hydrogens is 180 g/mol. The van der Waals surface area contributed by atoms with Crippen LogP contribution in [0.3, 0.4) is 0 Å². The summed E-state index contributed by atoms with van der Waals surface area (Å²) in [7, 11) is 0. The molecule has 3 nitrogen and oxygen atoms in total. The molecule has 2 saturated carbocycles. The van der Waals surface area contributed by atoms with Crippen LogP contribution in [-0.2, 0) is 9.59 Å². The number of carboxylic acid groups (broad SMARTS) is 1. The zero-order valence-corrected chi connectivity index (χ0v) is 8.89. The summed E-state index contributed by atoms with van der Waals surface area (Å²) >= 11 is 0. The van der Waals surface area contributed by atoms with Gasteiger partial charge in [0, 0.05) is 11.8 Å². The summed E-state index contributed by atoms with van der Waals surface area (Å²) in [4.78, 5) is 23.2. The monoisotopic (exact) mass is 196 g/mol. The highest BCUT2D eigenvalue weighted by Gasteiger charge is 2.72. The molecule has 2 fully saturated rings. The van der Waals surface area contributed by atoms with Gasteiger partial charge >= 0.3 is 5.97 Å². The first-order chi connectivity index (χ1) is 6.28. The normalized spacial score (nSPS) is 44.4. The molecule has 1 N–H and O–H groups in total. The quantitative estimate of drug-likeness (QED) is 0.696. The van der Waals surface area contributed by atoms with Crippen LogP contribution in [0.2, 0.25) is 0 Å². The zero-order chi connectivity index (χ0) is 10.8. The van der Waals surface area contributed by atoms with Gasteiger partial charge in [0.25, 0.3) is 0 Å². The van der Waals surface area contributed by atoms with Crippen LogP contribution in [0.1, 0.15) is 40.0 Å². The van der Waals surface area contributed by atoms with Gasteiger partial charge in [-0.05, 0) is 18.3 Å². The molecule has 0 saturated heterocycles. The number of carboxylic acids is 1. The predicted molar refractivity (Wildman–Crippen MR) is 50.8 cm³/mol. The van der Waals surface area contributed by atoms with Crippen molar-refractivity contribution in [3.63, 3.8) is 0 Å². The van der Waals surface area contributed by atoms with Gasteiger partial charge in [0.1, 0.15) is 5.78 Å². The minimum atomic E-state index is -0.794. The molecule has 78 valence electrons. The Morgan fingerprint density at radius 1 is 1.29 bits per heavy atom. The number of carbonyl (C=O) groups excluding carboxylic acids is 1.